The lowest BCUT2D eigenvalue weighted by molar-refractivity contribution is 0.0945. The number of para-hydroxylation sites is 1. The topological polar surface area (TPSA) is 56.8 Å². The molecule has 0 aromatic heterocycles. The lowest BCUT2D eigenvalue weighted by atomic mass is 10.1. The van der Waals surface area contributed by atoms with Crippen molar-refractivity contribution < 1.29 is 19.0 Å². The number of hydrogen-bond donors (Lipinski definition) is 1. The van der Waals surface area contributed by atoms with Crippen LogP contribution in [0.5, 0.6) is 17.2 Å². The van der Waals surface area contributed by atoms with E-state index in [0.717, 1.165) is 10.0 Å². The molecule has 0 unspecified atom stereocenters. The molecule has 0 radical (unpaired) electrons. The standard InChI is InChI=1S/C19H22BrNO4/c1-12(2)25-16-8-6-5-7-14(16)19(22)21-11-13-9-17(23-3)18(24-4)10-15(13)20/h5-10,12H,11H2,1-4H3,(H,21,22). The second-order valence-corrected chi connectivity index (χ2v) is 6.50. The molecule has 6 heteroatoms. The number of ether oxygens (including phenoxy) is 3. The van der Waals surface area contributed by atoms with Crippen LogP contribution < -0.4 is 19.5 Å². The smallest absolute Gasteiger partial charge is 0.255 e. The summed E-state index contributed by atoms with van der Waals surface area (Å²) in [6.07, 6.45) is -0.00561. The first-order valence-corrected chi connectivity index (χ1v) is 8.69. The second kappa shape index (κ2) is 8.76. The summed E-state index contributed by atoms with van der Waals surface area (Å²) in [4.78, 5) is 12.5. The molecule has 0 spiro atoms. The van der Waals surface area contributed by atoms with E-state index in [1.165, 1.54) is 0 Å². The average molecular weight is 408 g/mol. The zero-order valence-corrected chi connectivity index (χ0v) is 16.3. The van der Waals surface area contributed by atoms with E-state index in [0.29, 0.717) is 29.4 Å². The predicted molar refractivity (Wildman–Crippen MR) is 101 cm³/mol. The van der Waals surface area contributed by atoms with Gasteiger partial charge in [-0.3, -0.25) is 4.79 Å². The van der Waals surface area contributed by atoms with Crippen molar-refractivity contribution in [1.82, 2.24) is 5.32 Å². The van der Waals surface area contributed by atoms with Crippen molar-refractivity contribution in [1.29, 1.82) is 0 Å². The number of carbonyl (C=O) groups is 1. The molecular weight excluding hydrogens is 386 g/mol. The summed E-state index contributed by atoms with van der Waals surface area (Å²) in [6.45, 7) is 4.20. The molecule has 1 N–H and O–H groups in total. The van der Waals surface area contributed by atoms with E-state index in [1.54, 1.807) is 26.4 Å². The van der Waals surface area contributed by atoms with Gasteiger partial charge in [0.25, 0.3) is 5.91 Å². The first kappa shape index (κ1) is 19.1. The molecule has 134 valence electrons. The van der Waals surface area contributed by atoms with Crippen molar-refractivity contribution in [2.45, 2.75) is 26.5 Å². The van der Waals surface area contributed by atoms with Gasteiger partial charge in [-0.15, -0.1) is 0 Å². The van der Waals surface area contributed by atoms with Crippen molar-refractivity contribution >= 4 is 21.8 Å². The molecule has 5 nitrogen and oxygen atoms in total. The fraction of sp³-hybridized carbons (Fsp3) is 0.316. The SMILES string of the molecule is COc1cc(Br)c(CNC(=O)c2ccccc2OC(C)C)cc1OC. The Bertz CT molecular complexity index is 746. The Morgan fingerprint density at radius 1 is 1.08 bits per heavy atom. The maximum absolute atomic E-state index is 12.5. The summed E-state index contributed by atoms with van der Waals surface area (Å²) in [5, 5.41) is 2.91. The number of rotatable bonds is 7. The van der Waals surface area contributed by atoms with E-state index < -0.39 is 0 Å². The van der Waals surface area contributed by atoms with Crippen LogP contribution >= 0.6 is 15.9 Å². The van der Waals surface area contributed by atoms with E-state index in [-0.39, 0.29) is 12.0 Å². The summed E-state index contributed by atoms with van der Waals surface area (Å²) in [5.74, 6) is 1.61. The molecule has 0 heterocycles. The molecular formula is C19H22BrNO4. The van der Waals surface area contributed by atoms with Crippen molar-refractivity contribution in [3.63, 3.8) is 0 Å². The highest BCUT2D eigenvalue weighted by molar-refractivity contribution is 9.10. The third kappa shape index (κ3) is 4.89. The Balaban J connectivity index is 2.15. The second-order valence-electron chi connectivity index (χ2n) is 5.64. The molecule has 0 fully saturated rings. The summed E-state index contributed by atoms with van der Waals surface area (Å²) in [6, 6.07) is 10.8. The van der Waals surface area contributed by atoms with Gasteiger partial charge in [0, 0.05) is 11.0 Å². The molecule has 0 saturated carbocycles. The molecule has 0 atom stereocenters. The van der Waals surface area contributed by atoms with Crippen molar-refractivity contribution in [2.75, 3.05) is 14.2 Å². The molecule has 0 aliphatic carbocycles. The normalized spacial score (nSPS) is 10.5. The van der Waals surface area contributed by atoms with Crippen molar-refractivity contribution in [3.05, 3.63) is 52.0 Å². The summed E-state index contributed by atoms with van der Waals surface area (Å²) < 4.78 is 17.1. The van der Waals surface area contributed by atoms with Gasteiger partial charge in [-0.1, -0.05) is 28.1 Å². The predicted octanol–water partition coefficient (Wildman–Crippen LogP) is 4.18. The third-order valence-corrected chi connectivity index (χ3v) is 4.22. The first-order chi connectivity index (χ1) is 12.0. The fourth-order valence-electron chi connectivity index (χ4n) is 2.31. The molecule has 1 amide bonds. The highest BCUT2D eigenvalue weighted by atomic mass is 79.9. The largest absolute Gasteiger partial charge is 0.493 e. The Kier molecular flexibility index (Phi) is 6.70. The maximum Gasteiger partial charge on any atom is 0.255 e. The van der Waals surface area contributed by atoms with Crippen LogP contribution in [0.15, 0.2) is 40.9 Å². The van der Waals surface area contributed by atoms with Crippen LogP contribution in [0, 0.1) is 0 Å². The lowest BCUT2D eigenvalue weighted by Gasteiger charge is -2.15. The summed E-state index contributed by atoms with van der Waals surface area (Å²) >= 11 is 3.49. The highest BCUT2D eigenvalue weighted by Gasteiger charge is 2.15. The van der Waals surface area contributed by atoms with Crippen LogP contribution in [-0.4, -0.2) is 26.2 Å². The maximum atomic E-state index is 12.5. The van der Waals surface area contributed by atoms with E-state index >= 15 is 0 Å². The molecule has 0 bridgehead atoms. The number of nitrogens with one attached hydrogen (secondary N) is 1. The van der Waals surface area contributed by atoms with Crippen LogP contribution in [0.2, 0.25) is 0 Å². The average Bonchev–Trinajstić information content (AvgIpc) is 2.60. The minimum Gasteiger partial charge on any atom is -0.493 e. The minimum absolute atomic E-state index is 0.00561. The number of halogens is 1. The lowest BCUT2D eigenvalue weighted by Crippen LogP contribution is -2.24. The zero-order valence-electron chi connectivity index (χ0n) is 14.8. The van der Waals surface area contributed by atoms with Crippen LogP contribution in [0.3, 0.4) is 0 Å². The van der Waals surface area contributed by atoms with Crippen LogP contribution in [-0.2, 0) is 6.54 Å². The molecule has 0 aliphatic heterocycles. The zero-order chi connectivity index (χ0) is 18.4. The number of methoxy groups -OCH3 is 2. The van der Waals surface area contributed by atoms with E-state index in [2.05, 4.69) is 21.2 Å². The first-order valence-electron chi connectivity index (χ1n) is 7.90. The van der Waals surface area contributed by atoms with Crippen LogP contribution in [0.1, 0.15) is 29.8 Å². The molecule has 0 saturated heterocycles. The van der Waals surface area contributed by atoms with Gasteiger partial charge in [0.05, 0.1) is 25.9 Å². The molecule has 2 aromatic carbocycles. The van der Waals surface area contributed by atoms with Gasteiger partial charge < -0.3 is 19.5 Å². The fourth-order valence-corrected chi connectivity index (χ4v) is 2.78. The number of amides is 1. The molecule has 2 aromatic rings. The van der Waals surface area contributed by atoms with Gasteiger partial charge >= 0.3 is 0 Å². The summed E-state index contributed by atoms with van der Waals surface area (Å²) in [7, 11) is 3.16. The highest BCUT2D eigenvalue weighted by Crippen LogP contribution is 2.33. The van der Waals surface area contributed by atoms with Gasteiger partial charge in [0.2, 0.25) is 0 Å². The summed E-state index contributed by atoms with van der Waals surface area (Å²) in [5.41, 5.74) is 1.39. The number of carbonyl (C=O) groups excluding carboxylic acids is 1. The monoisotopic (exact) mass is 407 g/mol. The Hall–Kier alpha value is -2.21. The Morgan fingerprint density at radius 3 is 2.36 bits per heavy atom. The Labute approximate surface area is 156 Å². The van der Waals surface area contributed by atoms with Gasteiger partial charge in [-0.2, -0.15) is 0 Å². The third-order valence-electron chi connectivity index (χ3n) is 3.49. The van der Waals surface area contributed by atoms with E-state index in [1.807, 2.05) is 38.1 Å². The van der Waals surface area contributed by atoms with Crippen molar-refractivity contribution in [2.24, 2.45) is 0 Å². The minimum atomic E-state index is -0.196. The quantitative estimate of drug-likeness (QED) is 0.747. The van der Waals surface area contributed by atoms with E-state index in [9.17, 15) is 4.79 Å². The number of benzene rings is 2. The van der Waals surface area contributed by atoms with Gasteiger partial charge in [-0.25, -0.2) is 0 Å². The van der Waals surface area contributed by atoms with Gasteiger partial charge in [0.1, 0.15) is 5.75 Å². The molecule has 2 rings (SSSR count). The van der Waals surface area contributed by atoms with Gasteiger partial charge in [-0.05, 0) is 43.7 Å². The van der Waals surface area contributed by atoms with E-state index in [4.69, 9.17) is 14.2 Å². The molecule has 0 aliphatic rings. The number of hydrogen-bond acceptors (Lipinski definition) is 4. The Morgan fingerprint density at radius 2 is 1.72 bits per heavy atom. The van der Waals surface area contributed by atoms with Gasteiger partial charge in [0.15, 0.2) is 11.5 Å². The van der Waals surface area contributed by atoms with Crippen molar-refractivity contribution in [3.8, 4) is 17.2 Å². The van der Waals surface area contributed by atoms with Crippen LogP contribution in [0.4, 0.5) is 0 Å². The van der Waals surface area contributed by atoms with Crippen LogP contribution in [0.25, 0.3) is 0 Å². The molecule has 25 heavy (non-hydrogen) atoms.